The molecule has 2 aliphatic rings. The standard InChI is InChI=1S/C23H35N3O3.C4H10/c1-17(2)14-20-23(28)26(13-10-24-20)15-22(27)25-11-8-19(9-12-25)16-29-21-7-5-4-6-18(21)3;1-4(2)3/h4-7,17,19-20,24H,8-16H2,1-3H3;4H,1-3H3. The van der Waals surface area contributed by atoms with Gasteiger partial charge in [-0.15, -0.1) is 0 Å². The van der Waals surface area contributed by atoms with Gasteiger partial charge in [0.05, 0.1) is 19.2 Å². The fourth-order valence-corrected chi connectivity index (χ4v) is 4.14. The van der Waals surface area contributed by atoms with Gasteiger partial charge in [-0.25, -0.2) is 0 Å². The zero-order valence-corrected chi connectivity index (χ0v) is 21.6. The van der Waals surface area contributed by atoms with E-state index in [1.807, 2.05) is 23.1 Å². The lowest BCUT2D eigenvalue weighted by Gasteiger charge is -2.36. The summed E-state index contributed by atoms with van der Waals surface area (Å²) in [5.74, 6) is 2.84. The minimum Gasteiger partial charge on any atom is -0.493 e. The van der Waals surface area contributed by atoms with E-state index < -0.39 is 0 Å². The Balaban J connectivity index is 0.000000890. The molecule has 6 nitrogen and oxygen atoms in total. The van der Waals surface area contributed by atoms with Crippen molar-refractivity contribution >= 4 is 11.8 Å². The molecule has 0 saturated carbocycles. The molecule has 6 heteroatoms. The molecule has 1 aromatic rings. The number of amides is 2. The first-order valence-corrected chi connectivity index (χ1v) is 12.7. The first-order valence-electron chi connectivity index (χ1n) is 12.7. The molecule has 0 radical (unpaired) electrons. The number of likely N-dealkylation sites (tertiary alicyclic amines) is 1. The van der Waals surface area contributed by atoms with Crippen LogP contribution < -0.4 is 10.1 Å². The number of carbonyl (C=O) groups is 2. The Hall–Kier alpha value is -2.08. The lowest BCUT2D eigenvalue weighted by Crippen LogP contribution is -2.57. The summed E-state index contributed by atoms with van der Waals surface area (Å²) >= 11 is 0. The molecule has 1 N–H and O–H groups in total. The fraction of sp³-hybridized carbons (Fsp3) is 0.704. The van der Waals surface area contributed by atoms with Gasteiger partial charge in [0.2, 0.25) is 11.8 Å². The maximum Gasteiger partial charge on any atom is 0.242 e. The summed E-state index contributed by atoms with van der Waals surface area (Å²) in [6.45, 7) is 16.6. The van der Waals surface area contributed by atoms with Crippen molar-refractivity contribution in [2.75, 3.05) is 39.3 Å². The summed E-state index contributed by atoms with van der Waals surface area (Å²) in [6, 6.07) is 7.92. The summed E-state index contributed by atoms with van der Waals surface area (Å²) in [5.41, 5.74) is 1.15. The van der Waals surface area contributed by atoms with E-state index in [-0.39, 0.29) is 24.4 Å². The molecule has 0 spiro atoms. The van der Waals surface area contributed by atoms with Crippen molar-refractivity contribution in [3.05, 3.63) is 29.8 Å². The number of piperazine rings is 1. The maximum absolute atomic E-state index is 12.8. The monoisotopic (exact) mass is 459 g/mol. The number of ether oxygens (including phenoxy) is 1. The average molecular weight is 460 g/mol. The van der Waals surface area contributed by atoms with Gasteiger partial charge in [-0.3, -0.25) is 9.59 Å². The summed E-state index contributed by atoms with van der Waals surface area (Å²) in [5, 5.41) is 3.29. The van der Waals surface area contributed by atoms with Crippen LogP contribution in [0.3, 0.4) is 0 Å². The van der Waals surface area contributed by atoms with Gasteiger partial charge in [0.15, 0.2) is 0 Å². The molecule has 2 saturated heterocycles. The van der Waals surface area contributed by atoms with E-state index in [0.29, 0.717) is 25.0 Å². The second-order valence-corrected chi connectivity index (χ2v) is 10.5. The van der Waals surface area contributed by atoms with Gasteiger partial charge < -0.3 is 19.9 Å². The molecule has 0 aromatic heterocycles. The summed E-state index contributed by atoms with van der Waals surface area (Å²) < 4.78 is 5.99. The number of hydrogen-bond donors (Lipinski definition) is 1. The average Bonchev–Trinajstić information content (AvgIpc) is 2.75. The van der Waals surface area contributed by atoms with E-state index in [4.69, 9.17) is 4.74 Å². The van der Waals surface area contributed by atoms with Crippen LogP contribution in [0.1, 0.15) is 59.4 Å². The number of piperidine rings is 1. The lowest BCUT2D eigenvalue weighted by molar-refractivity contribution is -0.144. The molecular formula is C27H45N3O3. The highest BCUT2D eigenvalue weighted by molar-refractivity contribution is 5.88. The van der Waals surface area contributed by atoms with E-state index in [1.54, 1.807) is 4.90 Å². The molecule has 2 amide bonds. The number of hydrogen-bond acceptors (Lipinski definition) is 4. The molecule has 2 aliphatic heterocycles. The topological polar surface area (TPSA) is 61.9 Å². The van der Waals surface area contributed by atoms with Crippen molar-refractivity contribution < 1.29 is 14.3 Å². The minimum absolute atomic E-state index is 0.0693. The van der Waals surface area contributed by atoms with Crippen molar-refractivity contribution in [2.24, 2.45) is 17.8 Å². The van der Waals surface area contributed by atoms with Crippen LogP contribution in [0.25, 0.3) is 0 Å². The maximum atomic E-state index is 12.8. The van der Waals surface area contributed by atoms with Crippen molar-refractivity contribution in [3.63, 3.8) is 0 Å². The van der Waals surface area contributed by atoms with Crippen molar-refractivity contribution in [1.29, 1.82) is 0 Å². The molecule has 1 unspecified atom stereocenters. The Morgan fingerprint density at radius 1 is 1.09 bits per heavy atom. The number of rotatable bonds is 7. The van der Waals surface area contributed by atoms with E-state index >= 15 is 0 Å². The molecular weight excluding hydrogens is 414 g/mol. The van der Waals surface area contributed by atoms with E-state index in [0.717, 1.165) is 56.1 Å². The SMILES string of the molecule is CC(C)C.Cc1ccccc1OCC1CCN(C(=O)CN2CCNC(CC(C)C)C2=O)CC1. The van der Waals surface area contributed by atoms with Crippen LogP contribution in [0.5, 0.6) is 5.75 Å². The molecule has 0 aliphatic carbocycles. The molecule has 186 valence electrons. The molecule has 3 rings (SSSR count). The largest absolute Gasteiger partial charge is 0.493 e. The van der Waals surface area contributed by atoms with Crippen LogP contribution in [0.15, 0.2) is 24.3 Å². The number of benzene rings is 1. The van der Waals surface area contributed by atoms with Gasteiger partial charge >= 0.3 is 0 Å². The molecule has 2 heterocycles. The number of nitrogens with zero attached hydrogens (tertiary/aromatic N) is 2. The summed E-state index contributed by atoms with van der Waals surface area (Å²) in [6.07, 6.45) is 2.71. The Morgan fingerprint density at radius 3 is 2.33 bits per heavy atom. The van der Waals surface area contributed by atoms with E-state index in [9.17, 15) is 9.59 Å². The van der Waals surface area contributed by atoms with Crippen LogP contribution in [0.4, 0.5) is 0 Å². The fourth-order valence-electron chi connectivity index (χ4n) is 4.14. The van der Waals surface area contributed by atoms with Crippen LogP contribution in [0.2, 0.25) is 0 Å². The van der Waals surface area contributed by atoms with Crippen LogP contribution in [-0.2, 0) is 9.59 Å². The molecule has 1 aromatic carbocycles. The first-order chi connectivity index (χ1) is 15.7. The first kappa shape index (κ1) is 27.2. The Morgan fingerprint density at radius 2 is 1.73 bits per heavy atom. The highest BCUT2D eigenvalue weighted by atomic mass is 16.5. The third-order valence-electron chi connectivity index (χ3n) is 5.95. The Labute approximate surface area is 201 Å². The second kappa shape index (κ2) is 13.6. The third-order valence-corrected chi connectivity index (χ3v) is 5.95. The highest BCUT2D eigenvalue weighted by Gasteiger charge is 2.31. The molecule has 1 atom stereocenters. The minimum atomic E-state index is -0.152. The normalized spacial score (nSPS) is 19.5. The zero-order chi connectivity index (χ0) is 24.4. The predicted octanol–water partition coefficient (Wildman–Crippen LogP) is 4.12. The van der Waals surface area contributed by atoms with Gasteiger partial charge in [-0.2, -0.15) is 0 Å². The third kappa shape index (κ3) is 9.36. The van der Waals surface area contributed by atoms with Gasteiger partial charge in [0, 0.05) is 26.2 Å². The number of carbonyl (C=O) groups excluding carboxylic acids is 2. The summed E-state index contributed by atoms with van der Waals surface area (Å²) in [4.78, 5) is 29.1. The lowest BCUT2D eigenvalue weighted by atomic mass is 9.97. The molecule has 2 fully saturated rings. The number of para-hydroxylation sites is 1. The smallest absolute Gasteiger partial charge is 0.242 e. The van der Waals surface area contributed by atoms with Crippen molar-refractivity contribution in [2.45, 2.75) is 66.8 Å². The van der Waals surface area contributed by atoms with Crippen LogP contribution in [-0.4, -0.2) is 67.0 Å². The number of nitrogens with one attached hydrogen (secondary N) is 1. The van der Waals surface area contributed by atoms with Gasteiger partial charge in [-0.05, 0) is 55.6 Å². The van der Waals surface area contributed by atoms with Crippen molar-refractivity contribution in [1.82, 2.24) is 15.1 Å². The van der Waals surface area contributed by atoms with Gasteiger partial charge in [0.1, 0.15) is 5.75 Å². The van der Waals surface area contributed by atoms with Gasteiger partial charge in [0.25, 0.3) is 0 Å². The highest BCUT2D eigenvalue weighted by Crippen LogP contribution is 2.22. The quantitative estimate of drug-likeness (QED) is 0.666. The van der Waals surface area contributed by atoms with Gasteiger partial charge in [-0.1, -0.05) is 52.8 Å². The van der Waals surface area contributed by atoms with Crippen molar-refractivity contribution in [3.8, 4) is 5.75 Å². The van der Waals surface area contributed by atoms with Crippen LogP contribution in [0, 0.1) is 24.7 Å². The van der Waals surface area contributed by atoms with E-state index in [1.165, 1.54) is 0 Å². The second-order valence-electron chi connectivity index (χ2n) is 10.5. The van der Waals surface area contributed by atoms with Crippen LogP contribution >= 0.6 is 0 Å². The molecule has 0 bridgehead atoms. The number of aryl methyl sites for hydroxylation is 1. The van der Waals surface area contributed by atoms with E-state index in [2.05, 4.69) is 52.9 Å². The Bertz CT molecular complexity index is 739. The zero-order valence-electron chi connectivity index (χ0n) is 21.6. The Kier molecular flexibility index (Phi) is 11.2. The predicted molar refractivity (Wildman–Crippen MR) is 134 cm³/mol. The summed E-state index contributed by atoms with van der Waals surface area (Å²) in [7, 11) is 0. The molecule has 33 heavy (non-hydrogen) atoms.